The fourth-order valence-corrected chi connectivity index (χ4v) is 2.46. The first kappa shape index (κ1) is 23.1. The van der Waals surface area contributed by atoms with E-state index in [2.05, 4.69) is 24.4 Å². The van der Waals surface area contributed by atoms with Crippen molar-refractivity contribution >= 4 is 5.97 Å². The molecule has 0 spiro atoms. The lowest BCUT2D eigenvalue weighted by Gasteiger charge is -2.04. The van der Waals surface area contributed by atoms with Crippen LogP contribution in [-0.4, -0.2) is 37.4 Å². The average molecular weight is 342 g/mol. The van der Waals surface area contributed by atoms with Gasteiger partial charge in [-0.3, -0.25) is 4.79 Å². The van der Waals surface area contributed by atoms with Crippen molar-refractivity contribution in [3.8, 4) is 0 Å². The molecular formula is C20H39NO3. The van der Waals surface area contributed by atoms with Gasteiger partial charge in [-0.05, 0) is 45.1 Å². The van der Waals surface area contributed by atoms with Crippen LogP contribution in [0.2, 0.25) is 0 Å². The van der Waals surface area contributed by atoms with Gasteiger partial charge in [-0.15, -0.1) is 0 Å². The number of aliphatic hydroxyl groups is 1. The molecule has 0 bridgehead atoms. The van der Waals surface area contributed by atoms with Gasteiger partial charge in [0, 0.05) is 13.0 Å². The van der Waals surface area contributed by atoms with E-state index in [1.807, 2.05) is 0 Å². The Morgan fingerprint density at radius 3 is 2.38 bits per heavy atom. The zero-order valence-electron chi connectivity index (χ0n) is 15.7. The molecule has 0 amide bonds. The minimum Gasteiger partial charge on any atom is -0.466 e. The van der Waals surface area contributed by atoms with E-state index >= 15 is 0 Å². The molecule has 0 rings (SSSR count). The Hall–Kier alpha value is -0.870. The lowest BCUT2D eigenvalue weighted by atomic mass is 10.1. The van der Waals surface area contributed by atoms with Crippen LogP contribution in [0, 0.1) is 0 Å². The van der Waals surface area contributed by atoms with Gasteiger partial charge in [0.25, 0.3) is 0 Å². The molecule has 0 unspecified atom stereocenters. The molecular weight excluding hydrogens is 302 g/mol. The van der Waals surface area contributed by atoms with Crippen molar-refractivity contribution in [2.24, 2.45) is 0 Å². The number of carbonyl (C=O) groups excluding carboxylic acids is 1. The topological polar surface area (TPSA) is 58.6 Å². The predicted octanol–water partition coefficient (Wildman–Crippen LogP) is 4.37. The van der Waals surface area contributed by atoms with E-state index in [0.717, 1.165) is 45.1 Å². The van der Waals surface area contributed by atoms with E-state index in [0.29, 0.717) is 19.6 Å². The molecule has 142 valence electrons. The maximum atomic E-state index is 11.6. The number of carbonyl (C=O) groups is 1. The molecule has 0 aliphatic heterocycles. The van der Waals surface area contributed by atoms with Crippen molar-refractivity contribution in [3.63, 3.8) is 0 Å². The number of allylic oxidation sites excluding steroid dienone is 2. The maximum Gasteiger partial charge on any atom is 0.305 e. The standard InChI is InChI=1S/C20H39NO3/c1-2-3-4-5-6-7-11-14-19-24-20(23)15-12-9-8-10-13-16-21-17-18-22/h6-7,21-22H,2-5,8-19H2,1H3/b7-6-. The highest BCUT2D eigenvalue weighted by atomic mass is 16.5. The Morgan fingerprint density at radius 1 is 0.917 bits per heavy atom. The Morgan fingerprint density at radius 2 is 1.62 bits per heavy atom. The van der Waals surface area contributed by atoms with E-state index in [1.165, 1.54) is 32.1 Å². The molecule has 4 nitrogen and oxygen atoms in total. The van der Waals surface area contributed by atoms with Gasteiger partial charge >= 0.3 is 5.97 Å². The third kappa shape index (κ3) is 19.2. The Balaban J connectivity index is 3.21. The van der Waals surface area contributed by atoms with Crippen LogP contribution in [0.1, 0.15) is 84.0 Å². The first-order valence-corrected chi connectivity index (χ1v) is 9.93. The summed E-state index contributed by atoms with van der Waals surface area (Å²) in [5.74, 6) is -0.0495. The van der Waals surface area contributed by atoms with Gasteiger partial charge in [-0.2, -0.15) is 0 Å². The van der Waals surface area contributed by atoms with E-state index in [-0.39, 0.29) is 12.6 Å². The molecule has 0 saturated carbocycles. The molecule has 2 N–H and O–H groups in total. The molecule has 0 saturated heterocycles. The maximum absolute atomic E-state index is 11.6. The van der Waals surface area contributed by atoms with Crippen molar-refractivity contribution in [2.75, 3.05) is 26.3 Å². The Kier molecular flexibility index (Phi) is 19.4. The number of rotatable bonds is 18. The zero-order chi connectivity index (χ0) is 17.7. The van der Waals surface area contributed by atoms with Gasteiger partial charge in [-0.1, -0.05) is 51.2 Å². The van der Waals surface area contributed by atoms with Crippen molar-refractivity contribution < 1.29 is 14.6 Å². The average Bonchev–Trinajstić information content (AvgIpc) is 2.59. The summed E-state index contributed by atoms with van der Waals surface area (Å²) in [6.07, 6.45) is 17.5. The van der Waals surface area contributed by atoms with Crippen LogP contribution in [0.5, 0.6) is 0 Å². The second kappa shape index (κ2) is 20.2. The Bertz CT molecular complexity index is 293. The Labute approximate surface area is 149 Å². The van der Waals surface area contributed by atoms with E-state index < -0.39 is 0 Å². The quantitative estimate of drug-likeness (QED) is 0.221. The summed E-state index contributed by atoms with van der Waals surface area (Å²) in [6.45, 7) is 4.62. The van der Waals surface area contributed by atoms with Gasteiger partial charge in [0.2, 0.25) is 0 Å². The summed E-state index contributed by atoms with van der Waals surface area (Å²) in [6, 6.07) is 0. The van der Waals surface area contributed by atoms with Gasteiger partial charge in [0.1, 0.15) is 0 Å². The lowest BCUT2D eigenvalue weighted by Crippen LogP contribution is -2.19. The molecule has 0 aromatic rings. The molecule has 0 aliphatic carbocycles. The molecule has 0 fully saturated rings. The van der Waals surface area contributed by atoms with Gasteiger partial charge < -0.3 is 15.2 Å². The number of hydrogen-bond donors (Lipinski definition) is 2. The summed E-state index contributed by atoms with van der Waals surface area (Å²) < 4.78 is 5.25. The number of hydrogen-bond acceptors (Lipinski definition) is 4. The minimum atomic E-state index is -0.0495. The van der Waals surface area contributed by atoms with Crippen molar-refractivity contribution in [1.29, 1.82) is 0 Å². The smallest absolute Gasteiger partial charge is 0.305 e. The number of ether oxygens (including phenoxy) is 1. The molecule has 0 radical (unpaired) electrons. The summed E-state index contributed by atoms with van der Waals surface area (Å²) in [5, 5.41) is 11.8. The van der Waals surface area contributed by atoms with Crippen LogP contribution in [0.4, 0.5) is 0 Å². The second-order valence-electron chi connectivity index (χ2n) is 6.32. The molecule has 0 heterocycles. The third-order valence-corrected chi connectivity index (χ3v) is 3.94. The van der Waals surface area contributed by atoms with Crippen molar-refractivity contribution in [2.45, 2.75) is 84.0 Å². The number of esters is 1. The van der Waals surface area contributed by atoms with Crippen LogP contribution in [0.15, 0.2) is 12.2 Å². The normalized spacial score (nSPS) is 11.2. The van der Waals surface area contributed by atoms with Crippen molar-refractivity contribution in [1.82, 2.24) is 5.32 Å². The molecule has 24 heavy (non-hydrogen) atoms. The highest BCUT2D eigenvalue weighted by molar-refractivity contribution is 5.69. The molecule has 4 heteroatoms. The van der Waals surface area contributed by atoms with Crippen LogP contribution in [-0.2, 0) is 9.53 Å². The first-order valence-electron chi connectivity index (χ1n) is 9.93. The van der Waals surface area contributed by atoms with Gasteiger partial charge in [0.15, 0.2) is 0 Å². The number of nitrogens with one attached hydrogen (secondary N) is 1. The number of unbranched alkanes of at least 4 members (excludes halogenated alkanes) is 8. The van der Waals surface area contributed by atoms with Crippen LogP contribution in [0.3, 0.4) is 0 Å². The fraction of sp³-hybridized carbons (Fsp3) is 0.850. The largest absolute Gasteiger partial charge is 0.466 e. The third-order valence-electron chi connectivity index (χ3n) is 3.94. The summed E-state index contributed by atoms with van der Waals surface area (Å²) in [5.41, 5.74) is 0. The SMILES string of the molecule is CCCCC/C=C\CCCOC(=O)CCCCCCCNCCO. The van der Waals surface area contributed by atoms with E-state index in [9.17, 15) is 4.79 Å². The highest BCUT2D eigenvalue weighted by Crippen LogP contribution is 2.06. The minimum absolute atomic E-state index is 0.0495. The van der Waals surface area contributed by atoms with Gasteiger partial charge in [0.05, 0.1) is 13.2 Å². The molecule has 0 aliphatic rings. The summed E-state index contributed by atoms with van der Waals surface area (Å²) in [7, 11) is 0. The van der Waals surface area contributed by atoms with E-state index in [4.69, 9.17) is 9.84 Å². The first-order chi connectivity index (χ1) is 11.8. The summed E-state index contributed by atoms with van der Waals surface area (Å²) >= 11 is 0. The van der Waals surface area contributed by atoms with Crippen LogP contribution < -0.4 is 5.32 Å². The van der Waals surface area contributed by atoms with Crippen molar-refractivity contribution in [3.05, 3.63) is 12.2 Å². The monoisotopic (exact) mass is 341 g/mol. The zero-order valence-corrected chi connectivity index (χ0v) is 15.7. The van der Waals surface area contributed by atoms with Crippen LogP contribution in [0.25, 0.3) is 0 Å². The molecule has 0 aromatic carbocycles. The molecule has 0 aromatic heterocycles. The van der Waals surface area contributed by atoms with Gasteiger partial charge in [-0.25, -0.2) is 0 Å². The predicted molar refractivity (Wildman–Crippen MR) is 101 cm³/mol. The van der Waals surface area contributed by atoms with E-state index in [1.54, 1.807) is 0 Å². The van der Waals surface area contributed by atoms with Crippen LogP contribution >= 0.6 is 0 Å². The second-order valence-corrected chi connectivity index (χ2v) is 6.32. The summed E-state index contributed by atoms with van der Waals surface area (Å²) in [4.78, 5) is 11.6. The lowest BCUT2D eigenvalue weighted by molar-refractivity contribution is -0.143. The number of aliphatic hydroxyl groups excluding tert-OH is 1. The fourth-order valence-electron chi connectivity index (χ4n) is 2.46. The molecule has 0 atom stereocenters. The highest BCUT2D eigenvalue weighted by Gasteiger charge is 2.01.